The van der Waals surface area contributed by atoms with Gasteiger partial charge in [-0.3, -0.25) is 0 Å². The number of aromatic amines is 1. The van der Waals surface area contributed by atoms with Crippen LogP contribution in [0.15, 0.2) is 12.3 Å². The van der Waals surface area contributed by atoms with Crippen molar-refractivity contribution >= 4 is 5.82 Å². The third-order valence-corrected chi connectivity index (χ3v) is 1.64. The van der Waals surface area contributed by atoms with Crippen molar-refractivity contribution in [3.8, 4) is 0 Å². The standard InChI is InChI=1S/C8H15N3/c1-11(2)8-5-7(3-4-9)6-10-8/h5-6,10H,3-4,9H2,1-2H3. The molecule has 0 aliphatic heterocycles. The van der Waals surface area contributed by atoms with Crippen LogP contribution < -0.4 is 10.6 Å². The zero-order valence-electron chi connectivity index (χ0n) is 7.09. The van der Waals surface area contributed by atoms with Crippen LogP contribution in [0.1, 0.15) is 5.56 Å². The molecule has 0 radical (unpaired) electrons. The second-order valence-corrected chi connectivity index (χ2v) is 2.83. The Balaban J connectivity index is 2.66. The van der Waals surface area contributed by atoms with Crippen molar-refractivity contribution in [2.75, 3.05) is 25.5 Å². The minimum atomic E-state index is 0.713. The van der Waals surface area contributed by atoms with Crippen LogP contribution in [-0.4, -0.2) is 25.6 Å². The molecule has 0 unspecified atom stereocenters. The van der Waals surface area contributed by atoms with Gasteiger partial charge in [0.1, 0.15) is 5.82 Å². The van der Waals surface area contributed by atoms with E-state index >= 15 is 0 Å². The Bertz CT molecular complexity index is 215. The Hall–Kier alpha value is -0.960. The van der Waals surface area contributed by atoms with Gasteiger partial charge in [0.25, 0.3) is 0 Å². The van der Waals surface area contributed by atoms with Crippen molar-refractivity contribution in [3.63, 3.8) is 0 Å². The van der Waals surface area contributed by atoms with E-state index in [2.05, 4.69) is 11.1 Å². The molecule has 0 aliphatic rings. The first-order valence-electron chi connectivity index (χ1n) is 3.78. The zero-order chi connectivity index (χ0) is 8.27. The van der Waals surface area contributed by atoms with Crippen molar-refractivity contribution in [1.82, 2.24) is 4.98 Å². The molecule has 0 spiro atoms. The molecule has 3 nitrogen and oxygen atoms in total. The summed E-state index contributed by atoms with van der Waals surface area (Å²) in [6.45, 7) is 0.713. The molecule has 1 aromatic heterocycles. The van der Waals surface area contributed by atoms with Gasteiger partial charge in [0.2, 0.25) is 0 Å². The molecule has 11 heavy (non-hydrogen) atoms. The number of nitrogens with zero attached hydrogens (tertiary/aromatic N) is 1. The predicted molar refractivity (Wildman–Crippen MR) is 47.9 cm³/mol. The highest BCUT2D eigenvalue weighted by Crippen LogP contribution is 2.10. The number of rotatable bonds is 3. The molecule has 62 valence electrons. The largest absolute Gasteiger partial charge is 0.364 e. The van der Waals surface area contributed by atoms with E-state index in [4.69, 9.17) is 5.73 Å². The summed E-state index contributed by atoms with van der Waals surface area (Å²) in [5.41, 5.74) is 6.69. The maximum Gasteiger partial charge on any atom is 0.105 e. The molecule has 1 rings (SSSR count). The van der Waals surface area contributed by atoms with Crippen LogP contribution in [-0.2, 0) is 6.42 Å². The van der Waals surface area contributed by atoms with Crippen LogP contribution in [0.3, 0.4) is 0 Å². The second-order valence-electron chi connectivity index (χ2n) is 2.83. The van der Waals surface area contributed by atoms with Crippen LogP contribution in [0.5, 0.6) is 0 Å². The monoisotopic (exact) mass is 153 g/mol. The van der Waals surface area contributed by atoms with E-state index in [-0.39, 0.29) is 0 Å². The Labute approximate surface area is 67.2 Å². The van der Waals surface area contributed by atoms with Gasteiger partial charge in [-0.05, 0) is 24.6 Å². The number of nitrogens with one attached hydrogen (secondary N) is 1. The second kappa shape index (κ2) is 3.44. The molecule has 0 bridgehead atoms. The van der Waals surface area contributed by atoms with Crippen molar-refractivity contribution in [2.45, 2.75) is 6.42 Å². The Morgan fingerprint density at radius 2 is 2.27 bits per heavy atom. The molecule has 0 aromatic carbocycles. The summed E-state index contributed by atoms with van der Waals surface area (Å²) in [5, 5.41) is 0. The van der Waals surface area contributed by atoms with Crippen LogP contribution >= 0.6 is 0 Å². The Morgan fingerprint density at radius 1 is 1.55 bits per heavy atom. The maximum atomic E-state index is 5.42. The van der Waals surface area contributed by atoms with Crippen LogP contribution in [0.2, 0.25) is 0 Å². The maximum absolute atomic E-state index is 5.42. The summed E-state index contributed by atoms with van der Waals surface area (Å²) < 4.78 is 0. The molecule has 3 N–H and O–H groups in total. The zero-order valence-corrected chi connectivity index (χ0v) is 7.09. The Morgan fingerprint density at radius 3 is 2.73 bits per heavy atom. The van der Waals surface area contributed by atoms with Gasteiger partial charge < -0.3 is 15.6 Å². The van der Waals surface area contributed by atoms with E-state index in [0.29, 0.717) is 6.54 Å². The van der Waals surface area contributed by atoms with E-state index in [1.54, 1.807) is 0 Å². The molecule has 0 fully saturated rings. The van der Waals surface area contributed by atoms with E-state index in [9.17, 15) is 0 Å². The summed E-state index contributed by atoms with van der Waals surface area (Å²) in [6.07, 6.45) is 2.95. The van der Waals surface area contributed by atoms with Crippen LogP contribution in [0.25, 0.3) is 0 Å². The molecule has 0 atom stereocenters. The van der Waals surface area contributed by atoms with Gasteiger partial charge in [-0.2, -0.15) is 0 Å². The van der Waals surface area contributed by atoms with Crippen molar-refractivity contribution in [1.29, 1.82) is 0 Å². The van der Waals surface area contributed by atoms with Crippen molar-refractivity contribution in [2.24, 2.45) is 5.73 Å². The fraction of sp³-hybridized carbons (Fsp3) is 0.500. The molecule has 3 heteroatoms. The van der Waals surface area contributed by atoms with Crippen LogP contribution in [0.4, 0.5) is 5.82 Å². The summed E-state index contributed by atoms with van der Waals surface area (Å²) in [7, 11) is 4.02. The van der Waals surface area contributed by atoms with Gasteiger partial charge in [-0.25, -0.2) is 0 Å². The van der Waals surface area contributed by atoms with Crippen molar-refractivity contribution < 1.29 is 0 Å². The molecule has 1 heterocycles. The average Bonchev–Trinajstić information content (AvgIpc) is 2.37. The highest BCUT2D eigenvalue weighted by Gasteiger charge is 1.98. The number of aromatic nitrogens is 1. The number of hydrogen-bond acceptors (Lipinski definition) is 2. The fourth-order valence-corrected chi connectivity index (χ4v) is 0.995. The van der Waals surface area contributed by atoms with Gasteiger partial charge in [0.15, 0.2) is 0 Å². The summed E-state index contributed by atoms with van der Waals surface area (Å²) in [4.78, 5) is 5.20. The summed E-state index contributed by atoms with van der Waals surface area (Å²) >= 11 is 0. The number of H-pyrrole nitrogens is 1. The first kappa shape index (κ1) is 8.14. The van der Waals surface area contributed by atoms with Gasteiger partial charge >= 0.3 is 0 Å². The number of nitrogens with two attached hydrogens (primary N) is 1. The first-order valence-corrected chi connectivity index (χ1v) is 3.78. The van der Waals surface area contributed by atoms with Gasteiger partial charge in [-0.15, -0.1) is 0 Å². The molecule has 0 saturated heterocycles. The lowest BCUT2D eigenvalue weighted by molar-refractivity contribution is 0.970. The van der Waals surface area contributed by atoms with Gasteiger partial charge in [0.05, 0.1) is 0 Å². The van der Waals surface area contributed by atoms with Crippen molar-refractivity contribution in [3.05, 3.63) is 17.8 Å². The van der Waals surface area contributed by atoms with E-state index in [1.165, 1.54) is 5.56 Å². The van der Waals surface area contributed by atoms with E-state index in [1.807, 2.05) is 25.2 Å². The lowest BCUT2D eigenvalue weighted by Gasteiger charge is -2.07. The molecular formula is C8H15N3. The smallest absolute Gasteiger partial charge is 0.105 e. The highest BCUT2D eigenvalue weighted by atomic mass is 15.1. The predicted octanol–water partition coefficient (Wildman–Crippen LogP) is 0.582. The topological polar surface area (TPSA) is 45.0 Å². The van der Waals surface area contributed by atoms with Gasteiger partial charge in [0, 0.05) is 20.3 Å². The molecular weight excluding hydrogens is 138 g/mol. The molecule has 0 saturated carbocycles. The first-order chi connectivity index (χ1) is 5.24. The van der Waals surface area contributed by atoms with E-state index in [0.717, 1.165) is 12.2 Å². The summed E-state index contributed by atoms with van der Waals surface area (Å²) in [6, 6.07) is 2.12. The number of anilines is 1. The minimum Gasteiger partial charge on any atom is -0.364 e. The third kappa shape index (κ3) is 1.98. The fourth-order valence-electron chi connectivity index (χ4n) is 0.995. The minimum absolute atomic E-state index is 0.713. The molecule has 1 aromatic rings. The van der Waals surface area contributed by atoms with Crippen LogP contribution in [0, 0.1) is 0 Å². The van der Waals surface area contributed by atoms with Gasteiger partial charge in [-0.1, -0.05) is 0 Å². The lowest BCUT2D eigenvalue weighted by Crippen LogP contribution is -2.08. The lowest BCUT2D eigenvalue weighted by atomic mass is 10.2. The third-order valence-electron chi connectivity index (χ3n) is 1.64. The SMILES string of the molecule is CN(C)c1cc(CCN)c[nH]1. The summed E-state index contributed by atoms with van der Waals surface area (Å²) in [5.74, 6) is 1.13. The van der Waals surface area contributed by atoms with E-state index < -0.39 is 0 Å². The average molecular weight is 153 g/mol. The molecule has 0 amide bonds. The quantitative estimate of drug-likeness (QED) is 0.667. The molecule has 0 aliphatic carbocycles. The normalized spacial score (nSPS) is 10.1. The highest BCUT2D eigenvalue weighted by molar-refractivity contribution is 5.40. The Kier molecular flexibility index (Phi) is 2.54. The number of hydrogen-bond donors (Lipinski definition) is 2.